The fourth-order valence-electron chi connectivity index (χ4n) is 1.71. The van der Waals surface area contributed by atoms with Crippen LogP contribution in [-0.4, -0.2) is 5.54 Å². The van der Waals surface area contributed by atoms with Gasteiger partial charge in [0.25, 0.3) is 0 Å². The molecular weight excluding hydrogens is 194 g/mol. The maximum atomic E-state index is 6.01. The molecule has 1 fully saturated rings. The minimum Gasteiger partial charge on any atom is -0.325 e. The highest BCUT2D eigenvalue weighted by atomic mass is 35.5. The molecule has 76 valence electrons. The van der Waals surface area contributed by atoms with Crippen LogP contribution < -0.4 is 5.73 Å². The molecular formula is C12H16ClN. The summed E-state index contributed by atoms with van der Waals surface area (Å²) < 4.78 is 0. The lowest BCUT2D eigenvalue weighted by atomic mass is 10.0. The molecule has 0 atom stereocenters. The molecule has 1 aromatic carbocycles. The Hall–Kier alpha value is -0.530. The summed E-state index contributed by atoms with van der Waals surface area (Å²) in [6.07, 6.45) is 5.91. The van der Waals surface area contributed by atoms with Crippen molar-refractivity contribution in [2.75, 3.05) is 0 Å². The van der Waals surface area contributed by atoms with Gasteiger partial charge in [0, 0.05) is 10.6 Å². The van der Waals surface area contributed by atoms with E-state index in [0.29, 0.717) is 0 Å². The van der Waals surface area contributed by atoms with Crippen LogP contribution in [0.25, 0.3) is 0 Å². The largest absolute Gasteiger partial charge is 0.325 e. The highest BCUT2D eigenvalue weighted by Crippen LogP contribution is 2.36. The van der Waals surface area contributed by atoms with Crippen LogP contribution in [0, 0.1) is 0 Å². The van der Waals surface area contributed by atoms with E-state index in [1.807, 2.05) is 12.1 Å². The lowest BCUT2D eigenvalue weighted by molar-refractivity contribution is 0.576. The Balaban J connectivity index is 1.77. The lowest BCUT2D eigenvalue weighted by Gasteiger charge is -2.07. The zero-order valence-electron chi connectivity index (χ0n) is 8.30. The van der Waals surface area contributed by atoms with Gasteiger partial charge in [0.15, 0.2) is 0 Å². The second kappa shape index (κ2) is 3.92. The molecule has 0 saturated heterocycles. The van der Waals surface area contributed by atoms with Crippen molar-refractivity contribution in [3.05, 3.63) is 34.9 Å². The third-order valence-electron chi connectivity index (χ3n) is 2.95. The quantitative estimate of drug-likeness (QED) is 0.810. The molecule has 2 rings (SSSR count). The van der Waals surface area contributed by atoms with Crippen LogP contribution in [0.4, 0.5) is 0 Å². The summed E-state index contributed by atoms with van der Waals surface area (Å²) in [5.74, 6) is 0. The first-order chi connectivity index (χ1) is 6.68. The van der Waals surface area contributed by atoms with Gasteiger partial charge in [-0.05, 0) is 49.8 Å². The van der Waals surface area contributed by atoms with Crippen LogP contribution in [0.1, 0.15) is 31.2 Å². The molecule has 1 saturated carbocycles. The van der Waals surface area contributed by atoms with Gasteiger partial charge in [-0.1, -0.05) is 23.7 Å². The summed E-state index contributed by atoms with van der Waals surface area (Å²) >= 11 is 5.81. The highest BCUT2D eigenvalue weighted by Gasteiger charge is 2.36. The minimum atomic E-state index is 0.201. The Bertz CT molecular complexity index is 301. The first-order valence-electron chi connectivity index (χ1n) is 5.21. The second-order valence-electron chi connectivity index (χ2n) is 4.34. The molecule has 0 aromatic heterocycles. The van der Waals surface area contributed by atoms with Gasteiger partial charge < -0.3 is 5.73 Å². The predicted molar refractivity (Wildman–Crippen MR) is 60.5 cm³/mol. The van der Waals surface area contributed by atoms with Crippen LogP contribution in [0.3, 0.4) is 0 Å². The third-order valence-corrected chi connectivity index (χ3v) is 3.20. The fraction of sp³-hybridized carbons (Fsp3) is 0.500. The van der Waals surface area contributed by atoms with E-state index in [2.05, 4.69) is 12.1 Å². The molecule has 2 heteroatoms. The van der Waals surface area contributed by atoms with Gasteiger partial charge in [-0.15, -0.1) is 0 Å². The maximum absolute atomic E-state index is 6.01. The fourth-order valence-corrected chi connectivity index (χ4v) is 1.83. The van der Waals surface area contributed by atoms with Crippen LogP contribution in [-0.2, 0) is 6.42 Å². The molecule has 14 heavy (non-hydrogen) atoms. The van der Waals surface area contributed by atoms with Crippen molar-refractivity contribution in [3.8, 4) is 0 Å². The van der Waals surface area contributed by atoms with Crippen molar-refractivity contribution in [2.24, 2.45) is 5.73 Å². The lowest BCUT2D eigenvalue weighted by Crippen LogP contribution is -2.21. The summed E-state index contributed by atoms with van der Waals surface area (Å²) in [4.78, 5) is 0. The molecule has 0 radical (unpaired) electrons. The maximum Gasteiger partial charge on any atom is 0.0406 e. The van der Waals surface area contributed by atoms with Crippen molar-refractivity contribution in [2.45, 2.75) is 37.6 Å². The Morgan fingerprint density at radius 2 is 1.86 bits per heavy atom. The van der Waals surface area contributed by atoms with Gasteiger partial charge >= 0.3 is 0 Å². The number of benzene rings is 1. The van der Waals surface area contributed by atoms with Gasteiger partial charge in [-0.2, -0.15) is 0 Å². The monoisotopic (exact) mass is 209 g/mol. The van der Waals surface area contributed by atoms with Gasteiger partial charge in [0.2, 0.25) is 0 Å². The highest BCUT2D eigenvalue weighted by molar-refractivity contribution is 6.30. The minimum absolute atomic E-state index is 0.201. The van der Waals surface area contributed by atoms with Crippen molar-refractivity contribution in [1.82, 2.24) is 0 Å². The average Bonchev–Trinajstić information content (AvgIpc) is 2.88. The molecule has 1 nitrogen and oxygen atoms in total. The normalized spacial score (nSPS) is 18.1. The molecule has 0 aliphatic heterocycles. The van der Waals surface area contributed by atoms with E-state index < -0.39 is 0 Å². The van der Waals surface area contributed by atoms with E-state index in [9.17, 15) is 0 Å². The number of nitrogens with two attached hydrogens (primary N) is 1. The zero-order chi connectivity index (χ0) is 10.0. The molecule has 1 aliphatic carbocycles. The topological polar surface area (TPSA) is 26.0 Å². The number of aryl methyl sites for hydroxylation is 1. The van der Waals surface area contributed by atoms with Crippen molar-refractivity contribution >= 4 is 11.6 Å². The molecule has 0 unspecified atom stereocenters. The van der Waals surface area contributed by atoms with Crippen molar-refractivity contribution < 1.29 is 0 Å². The van der Waals surface area contributed by atoms with Gasteiger partial charge in [0.1, 0.15) is 0 Å². The van der Waals surface area contributed by atoms with E-state index in [0.717, 1.165) is 17.9 Å². The van der Waals surface area contributed by atoms with Gasteiger partial charge in [0.05, 0.1) is 0 Å². The van der Waals surface area contributed by atoms with Gasteiger partial charge in [-0.25, -0.2) is 0 Å². The Labute approximate surface area is 90.3 Å². The molecule has 0 heterocycles. The van der Waals surface area contributed by atoms with Crippen LogP contribution in [0.5, 0.6) is 0 Å². The summed E-state index contributed by atoms with van der Waals surface area (Å²) in [6.45, 7) is 0. The second-order valence-corrected chi connectivity index (χ2v) is 4.78. The molecule has 1 aromatic rings. The SMILES string of the molecule is NC1(CCCc2ccc(Cl)cc2)CC1. The standard InChI is InChI=1S/C12H16ClN/c13-11-5-3-10(4-6-11)2-1-7-12(14)8-9-12/h3-6H,1-2,7-9,14H2. The van der Waals surface area contributed by atoms with Gasteiger partial charge in [-0.3, -0.25) is 0 Å². The summed E-state index contributed by atoms with van der Waals surface area (Å²) in [6, 6.07) is 8.09. The van der Waals surface area contributed by atoms with E-state index in [-0.39, 0.29) is 5.54 Å². The van der Waals surface area contributed by atoms with Crippen molar-refractivity contribution in [1.29, 1.82) is 0 Å². The number of hydrogen-bond donors (Lipinski definition) is 1. The number of hydrogen-bond acceptors (Lipinski definition) is 1. The summed E-state index contributed by atoms with van der Waals surface area (Å²) in [5.41, 5.74) is 7.57. The van der Waals surface area contributed by atoms with Crippen LogP contribution in [0.15, 0.2) is 24.3 Å². The Morgan fingerprint density at radius 1 is 1.21 bits per heavy atom. The predicted octanol–water partition coefficient (Wildman–Crippen LogP) is 3.15. The van der Waals surface area contributed by atoms with Crippen LogP contribution >= 0.6 is 11.6 Å². The number of rotatable bonds is 4. The molecule has 0 bridgehead atoms. The Morgan fingerprint density at radius 3 is 2.43 bits per heavy atom. The van der Waals surface area contributed by atoms with E-state index >= 15 is 0 Å². The van der Waals surface area contributed by atoms with E-state index in [1.54, 1.807) is 0 Å². The molecule has 0 spiro atoms. The first kappa shape index (κ1) is 10.0. The first-order valence-corrected chi connectivity index (χ1v) is 5.59. The van der Waals surface area contributed by atoms with E-state index in [1.165, 1.54) is 24.8 Å². The zero-order valence-corrected chi connectivity index (χ0v) is 9.06. The smallest absolute Gasteiger partial charge is 0.0406 e. The van der Waals surface area contributed by atoms with Crippen molar-refractivity contribution in [3.63, 3.8) is 0 Å². The summed E-state index contributed by atoms with van der Waals surface area (Å²) in [5, 5.41) is 0.811. The van der Waals surface area contributed by atoms with Crippen LogP contribution in [0.2, 0.25) is 5.02 Å². The average molecular weight is 210 g/mol. The molecule has 0 amide bonds. The summed E-state index contributed by atoms with van der Waals surface area (Å²) in [7, 11) is 0. The third kappa shape index (κ3) is 2.73. The Kier molecular flexibility index (Phi) is 2.80. The van der Waals surface area contributed by atoms with E-state index in [4.69, 9.17) is 17.3 Å². The molecule has 2 N–H and O–H groups in total. The molecule has 1 aliphatic rings. The number of halogens is 1.